The van der Waals surface area contributed by atoms with Crippen molar-refractivity contribution >= 4 is 6.08 Å². The number of aliphatic hydroxyl groups excluding tert-OH is 1. The maximum absolute atomic E-state index is 13.7. The summed E-state index contributed by atoms with van der Waals surface area (Å²) in [6, 6.07) is 3.17. The fourth-order valence-electron chi connectivity index (χ4n) is 2.23. The van der Waals surface area contributed by atoms with Crippen molar-refractivity contribution in [2.75, 3.05) is 6.61 Å². The average Bonchev–Trinajstić information content (AvgIpc) is 2.45. The van der Waals surface area contributed by atoms with Crippen LogP contribution in [-0.4, -0.2) is 11.7 Å². The van der Waals surface area contributed by atoms with Gasteiger partial charge in [0.05, 0.1) is 0 Å². The van der Waals surface area contributed by atoms with Crippen LogP contribution in [0.1, 0.15) is 24.0 Å². The highest BCUT2D eigenvalue weighted by Crippen LogP contribution is 2.24. The van der Waals surface area contributed by atoms with Crippen LogP contribution in [0.15, 0.2) is 30.4 Å². The van der Waals surface area contributed by atoms with Crippen LogP contribution < -0.4 is 0 Å². The molecule has 1 aliphatic rings. The van der Waals surface area contributed by atoms with E-state index in [1.807, 2.05) is 18.2 Å². The Morgan fingerprint density at radius 3 is 2.63 bits per heavy atom. The van der Waals surface area contributed by atoms with E-state index in [9.17, 15) is 8.78 Å². The molecule has 0 radical (unpaired) electrons. The van der Waals surface area contributed by atoms with Crippen molar-refractivity contribution in [2.24, 2.45) is 11.8 Å². The third kappa shape index (κ3) is 3.29. The standard InChI is InChI=1S/C16H18F2O/c1-11-2-8-14(16(18)15(11)17)9-7-12-3-5-13(10-19)6-4-12/h2-3,5,7-9,12-13,19H,4,6,10H2,1H3. The van der Waals surface area contributed by atoms with Crippen LogP contribution in [0.2, 0.25) is 0 Å². The zero-order chi connectivity index (χ0) is 13.8. The Balaban J connectivity index is 2.10. The number of hydrogen-bond donors (Lipinski definition) is 1. The summed E-state index contributed by atoms with van der Waals surface area (Å²) >= 11 is 0. The Morgan fingerprint density at radius 1 is 1.21 bits per heavy atom. The van der Waals surface area contributed by atoms with Gasteiger partial charge in [0, 0.05) is 12.2 Å². The minimum absolute atomic E-state index is 0.171. The van der Waals surface area contributed by atoms with Crippen LogP contribution in [0.4, 0.5) is 8.78 Å². The molecular weight excluding hydrogens is 246 g/mol. The largest absolute Gasteiger partial charge is 0.396 e. The first-order chi connectivity index (χ1) is 9.11. The van der Waals surface area contributed by atoms with Gasteiger partial charge >= 0.3 is 0 Å². The van der Waals surface area contributed by atoms with E-state index in [1.165, 1.54) is 0 Å². The monoisotopic (exact) mass is 264 g/mol. The summed E-state index contributed by atoms with van der Waals surface area (Å²) in [7, 11) is 0. The highest BCUT2D eigenvalue weighted by molar-refractivity contribution is 5.51. The molecule has 0 aliphatic heterocycles. The van der Waals surface area contributed by atoms with Crippen LogP contribution in [0, 0.1) is 30.4 Å². The third-order valence-electron chi connectivity index (χ3n) is 3.56. The molecule has 1 aromatic carbocycles. The number of halogens is 2. The summed E-state index contributed by atoms with van der Waals surface area (Å²) < 4.78 is 27.1. The smallest absolute Gasteiger partial charge is 0.166 e. The molecule has 19 heavy (non-hydrogen) atoms. The van der Waals surface area contributed by atoms with Gasteiger partial charge in [-0.2, -0.15) is 0 Å². The number of rotatable bonds is 3. The molecule has 0 aromatic heterocycles. The van der Waals surface area contributed by atoms with E-state index in [0.29, 0.717) is 5.56 Å². The van der Waals surface area contributed by atoms with Crippen LogP contribution >= 0.6 is 0 Å². The fourth-order valence-corrected chi connectivity index (χ4v) is 2.23. The van der Waals surface area contributed by atoms with Gasteiger partial charge in [0.15, 0.2) is 11.6 Å². The van der Waals surface area contributed by atoms with E-state index in [0.717, 1.165) is 12.8 Å². The van der Waals surface area contributed by atoms with Gasteiger partial charge in [0.25, 0.3) is 0 Å². The molecule has 1 aromatic rings. The number of hydrogen-bond acceptors (Lipinski definition) is 1. The second kappa shape index (κ2) is 6.11. The summed E-state index contributed by atoms with van der Waals surface area (Å²) in [6.45, 7) is 1.72. The van der Waals surface area contributed by atoms with Gasteiger partial charge in [-0.05, 0) is 37.2 Å². The van der Waals surface area contributed by atoms with Crippen LogP contribution in [0.3, 0.4) is 0 Å². The van der Waals surface area contributed by atoms with E-state index in [-0.39, 0.29) is 24.0 Å². The molecule has 3 heteroatoms. The third-order valence-corrected chi connectivity index (χ3v) is 3.56. The van der Waals surface area contributed by atoms with Gasteiger partial charge < -0.3 is 5.11 Å². The first-order valence-corrected chi connectivity index (χ1v) is 6.53. The molecular formula is C16H18F2O. The van der Waals surface area contributed by atoms with Gasteiger partial charge in [-0.1, -0.05) is 36.4 Å². The van der Waals surface area contributed by atoms with Crippen molar-refractivity contribution in [1.82, 2.24) is 0 Å². The van der Waals surface area contributed by atoms with E-state index < -0.39 is 11.6 Å². The van der Waals surface area contributed by atoms with Crippen molar-refractivity contribution in [3.05, 3.63) is 53.1 Å². The minimum atomic E-state index is -0.788. The summed E-state index contributed by atoms with van der Waals surface area (Å²) in [4.78, 5) is 0. The molecule has 0 fully saturated rings. The first kappa shape index (κ1) is 13.9. The second-order valence-corrected chi connectivity index (χ2v) is 5.03. The highest BCUT2D eigenvalue weighted by Gasteiger charge is 2.13. The quantitative estimate of drug-likeness (QED) is 0.822. The average molecular weight is 264 g/mol. The van der Waals surface area contributed by atoms with Crippen LogP contribution in [-0.2, 0) is 0 Å². The van der Waals surface area contributed by atoms with E-state index in [2.05, 4.69) is 0 Å². The molecule has 102 valence electrons. The van der Waals surface area contributed by atoms with Crippen molar-refractivity contribution in [3.63, 3.8) is 0 Å². The van der Waals surface area contributed by atoms with Gasteiger partial charge in [-0.25, -0.2) is 8.78 Å². The molecule has 2 atom stereocenters. The normalized spacial score (nSPS) is 23.2. The van der Waals surface area contributed by atoms with E-state index in [4.69, 9.17) is 5.11 Å². The summed E-state index contributed by atoms with van der Waals surface area (Å²) in [5.41, 5.74) is 0.596. The lowest BCUT2D eigenvalue weighted by Crippen LogP contribution is -2.10. The van der Waals surface area contributed by atoms with E-state index >= 15 is 0 Å². The Kier molecular flexibility index (Phi) is 4.48. The highest BCUT2D eigenvalue weighted by atomic mass is 19.2. The zero-order valence-corrected chi connectivity index (χ0v) is 10.9. The maximum atomic E-state index is 13.7. The number of allylic oxidation sites excluding steroid dienone is 2. The van der Waals surface area contributed by atoms with Gasteiger partial charge in [0.2, 0.25) is 0 Å². The molecule has 2 unspecified atom stereocenters. The summed E-state index contributed by atoms with van der Waals surface area (Å²) in [6.07, 6.45) is 9.37. The van der Waals surface area contributed by atoms with Crippen molar-refractivity contribution < 1.29 is 13.9 Å². The first-order valence-electron chi connectivity index (χ1n) is 6.53. The van der Waals surface area contributed by atoms with Crippen molar-refractivity contribution in [3.8, 4) is 0 Å². The lowest BCUT2D eigenvalue weighted by Gasteiger charge is -2.18. The summed E-state index contributed by atoms with van der Waals surface area (Å²) in [5, 5.41) is 9.02. The Morgan fingerprint density at radius 2 is 2.00 bits per heavy atom. The molecule has 0 amide bonds. The van der Waals surface area contributed by atoms with Crippen LogP contribution in [0.5, 0.6) is 0 Å². The molecule has 1 aliphatic carbocycles. The lowest BCUT2D eigenvalue weighted by molar-refractivity contribution is 0.238. The predicted molar refractivity (Wildman–Crippen MR) is 72.6 cm³/mol. The maximum Gasteiger partial charge on any atom is 0.166 e. The van der Waals surface area contributed by atoms with Gasteiger partial charge in [0.1, 0.15) is 0 Å². The van der Waals surface area contributed by atoms with Gasteiger partial charge in [-0.15, -0.1) is 0 Å². The molecule has 0 heterocycles. The fraction of sp³-hybridized carbons (Fsp3) is 0.375. The molecule has 2 rings (SSSR count). The predicted octanol–water partition coefficient (Wildman–Crippen LogP) is 3.86. The van der Waals surface area contributed by atoms with Crippen molar-refractivity contribution in [1.29, 1.82) is 0 Å². The Labute approximate surface area is 112 Å². The molecule has 1 N–H and O–H groups in total. The SMILES string of the molecule is Cc1ccc(C=CC2C=CC(CO)CC2)c(F)c1F. The number of aryl methyl sites for hydroxylation is 1. The Bertz CT molecular complexity index is 506. The van der Waals surface area contributed by atoms with Crippen LogP contribution in [0.25, 0.3) is 6.08 Å². The summed E-state index contributed by atoms with van der Waals surface area (Å²) in [5.74, 6) is -1.10. The van der Waals surface area contributed by atoms with Crippen molar-refractivity contribution in [2.45, 2.75) is 19.8 Å². The zero-order valence-electron chi connectivity index (χ0n) is 10.9. The van der Waals surface area contributed by atoms with E-state index in [1.54, 1.807) is 25.1 Å². The number of benzene rings is 1. The Hall–Kier alpha value is -1.48. The minimum Gasteiger partial charge on any atom is -0.396 e. The second-order valence-electron chi connectivity index (χ2n) is 5.03. The molecule has 0 spiro atoms. The van der Waals surface area contributed by atoms with Gasteiger partial charge in [-0.3, -0.25) is 0 Å². The molecule has 1 nitrogen and oxygen atoms in total. The molecule has 0 saturated heterocycles. The topological polar surface area (TPSA) is 20.2 Å². The molecule has 0 bridgehead atoms. The lowest BCUT2D eigenvalue weighted by atomic mass is 9.88. The number of aliphatic hydroxyl groups is 1. The molecule has 0 saturated carbocycles.